The fourth-order valence-electron chi connectivity index (χ4n) is 3.85. The van der Waals surface area contributed by atoms with Crippen molar-refractivity contribution in [1.82, 2.24) is 20.2 Å². The van der Waals surface area contributed by atoms with E-state index in [0.29, 0.717) is 17.6 Å². The van der Waals surface area contributed by atoms with Gasteiger partial charge in [0.15, 0.2) is 5.66 Å². The summed E-state index contributed by atoms with van der Waals surface area (Å²) in [6.45, 7) is 0. The number of anilines is 2. The Kier molecular flexibility index (Phi) is 3.33. The number of guanidine groups is 1. The molecule has 8 nitrogen and oxygen atoms in total. The van der Waals surface area contributed by atoms with E-state index in [1.54, 1.807) is 6.20 Å². The molecular formula is C21H20N8. The lowest BCUT2D eigenvalue weighted by Crippen LogP contribution is -2.44. The summed E-state index contributed by atoms with van der Waals surface area (Å²) < 4.78 is 0. The number of nitrogens with zero attached hydrogens (tertiary/aromatic N) is 3. The first kappa shape index (κ1) is 16.3. The summed E-state index contributed by atoms with van der Waals surface area (Å²) >= 11 is 0. The average molecular weight is 384 g/mol. The number of hydrogen-bond donors (Lipinski definition) is 5. The third-order valence-corrected chi connectivity index (χ3v) is 5.55. The van der Waals surface area contributed by atoms with Crippen LogP contribution >= 0.6 is 0 Å². The van der Waals surface area contributed by atoms with Gasteiger partial charge in [-0.3, -0.25) is 10.8 Å². The van der Waals surface area contributed by atoms with Crippen LogP contribution in [0, 0.1) is 0 Å². The highest BCUT2D eigenvalue weighted by Gasteiger charge is 2.39. The molecule has 1 unspecified atom stereocenters. The van der Waals surface area contributed by atoms with Crippen LogP contribution in [0.3, 0.4) is 0 Å². The molecule has 1 aromatic carbocycles. The second-order valence-electron chi connectivity index (χ2n) is 7.64. The quantitative estimate of drug-likeness (QED) is 0.371. The van der Waals surface area contributed by atoms with E-state index in [0.717, 1.165) is 33.7 Å². The van der Waals surface area contributed by atoms with Gasteiger partial charge in [0.05, 0.1) is 11.9 Å². The van der Waals surface area contributed by atoms with Crippen LogP contribution in [0.25, 0.3) is 11.0 Å². The minimum Gasteiger partial charge on any atom is -0.346 e. The van der Waals surface area contributed by atoms with Gasteiger partial charge >= 0.3 is 0 Å². The minimum absolute atomic E-state index is 0.554. The molecule has 4 aromatic rings. The van der Waals surface area contributed by atoms with Crippen LogP contribution in [0.1, 0.15) is 35.7 Å². The Labute approximate surface area is 166 Å². The zero-order valence-electron chi connectivity index (χ0n) is 15.6. The Morgan fingerprint density at radius 1 is 1.14 bits per heavy atom. The van der Waals surface area contributed by atoms with Crippen molar-refractivity contribution in [1.29, 1.82) is 0 Å². The van der Waals surface area contributed by atoms with Gasteiger partial charge in [0, 0.05) is 34.4 Å². The Balaban J connectivity index is 1.41. The van der Waals surface area contributed by atoms with Crippen LogP contribution in [-0.4, -0.2) is 26.1 Å². The number of hydrogen-bond acceptors (Lipinski definition) is 6. The summed E-state index contributed by atoms with van der Waals surface area (Å²) in [5.41, 5.74) is 11.1. The van der Waals surface area contributed by atoms with Gasteiger partial charge in [-0.25, -0.2) is 9.98 Å². The topological polar surface area (TPSA) is 120 Å². The van der Waals surface area contributed by atoms with Gasteiger partial charge in [-0.2, -0.15) is 5.10 Å². The van der Waals surface area contributed by atoms with Crippen molar-refractivity contribution in [2.24, 2.45) is 10.7 Å². The molecule has 0 radical (unpaired) electrons. The minimum atomic E-state index is -1.08. The zero-order chi connectivity index (χ0) is 19.4. The Hall–Kier alpha value is -3.65. The predicted molar refractivity (Wildman–Crippen MR) is 113 cm³/mol. The number of nitrogens with two attached hydrogens (primary N) is 1. The number of aliphatic imine (C=N–C) groups is 1. The van der Waals surface area contributed by atoms with Crippen molar-refractivity contribution >= 4 is 28.4 Å². The highest BCUT2D eigenvalue weighted by atomic mass is 15.3. The fraction of sp³-hybridized carbons (Fsp3) is 0.190. The lowest BCUT2D eigenvalue weighted by Gasteiger charge is -2.32. The van der Waals surface area contributed by atoms with Crippen LogP contribution in [0.15, 0.2) is 59.9 Å². The Morgan fingerprint density at radius 3 is 2.93 bits per heavy atom. The first-order chi connectivity index (χ1) is 14.2. The smallest absolute Gasteiger partial charge is 0.202 e. The van der Waals surface area contributed by atoms with Crippen molar-refractivity contribution in [2.75, 3.05) is 10.6 Å². The number of pyridine rings is 1. The van der Waals surface area contributed by atoms with E-state index in [2.05, 4.69) is 30.8 Å². The molecule has 1 aliphatic heterocycles. The number of fused-ring (bicyclic) bond motifs is 2. The van der Waals surface area contributed by atoms with E-state index in [-0.39, 0.29) is 0 Å². The summed E-state index contributed by atoms with van der Waals surface area (Å²) in [5, 5.41) is 15.3. The molecule has 1 saturated carbocycles. The van der Waals surface area contributed by atoms with Gasteiger partial charge in [0.25, 0.3) is 0 Å². The van der Waals surface area contributed by atoms with Crippen LogP contribution < -0.4 is 16.4 Å². The molecule has 0 spiro atoms. The van der Waals surface area contributed by atoms with Gasteiger partial charge in [-0.1, -0.05) is 18.2 Å². The molecule has 8 heteroatoms. The molecule has 1 aliphatic carbocycles. The molecule has 144 valence electrons. The standard InChI is InChI=1S/C21H20N8/c22-21(18-10-17(28-29-18)12-5-6-12)15-3-1-2-4-16(15)26-20(27-21)25-14-9-13-7-8-23-19(13)24-11-14/h1-4,7-12H,5-6,22H2,(H,23,24)(H,28,29)(H2,25,26,27). The van der Waals surface area contributed by atoms with Crippen molar-refractivity contribution in [2.45, 2.75) is 24.4 Å². The van der Waals surface area contributed by atoms with E-state index >= 15 is 0 Å². The largest absolute Gasteiger partial charge is 0.346 e. The van der Waals surface area contributed by atoms with Crippen LogP contribution in [0.4, 0.5) is 11.4 Å². The van der Waals surface area contributed by atoms with Crippen molar-refractivity contribution in [3.63, 3.8) is 0 Å². The summed E-state index contributed by atoms with van der Waals surface area (Å²) in [6.07, 6.45) is 6.03. The van der Waals surface area contributed by atoms with Gasteiger partial charge in [-0.15, -0.1) is 0 Å². The molecule has 3 aromatic heterocycles. The summed E-state index contributed by atoms with van der Waals surface area (Å²) in [6, 6.07) is 14.0. The SMILES string of the molecule is NC1(c2cc(C3CC3)[nH]n2)N=C(Nc2cnc3[nH]ccc3c2)Nc2ccccc21. The van der Waals surface area contributed by atoms with E-state index in [1.807, 2.05) is 48.7 Å². The lowest BCUT2D eigenvalue weighted by atomic mass is 9.94. The number of benzene rings is 1. The number of H-pyrrole nitrogens is 2. The Morgan fingerprint density at radius 2 is 2.03 bits per heavy atom. The molecular weight excluding hydrogens is 364 g/mol. The summed E-state index contributed by atoms with van der Waals surface area (Å²) in [5.74, 6) is 1.12. The molecule has 0 amide bonds. The van der Waals surface area contributed by atoms with Crippen LogP contribution in [0.2, 0.25) is 0 Å². The number of para-hydroxylation sites is 1. The second-order valence-corrected chi connectivity index (χ2v) is 7.64. The maximum Gasteiger partial charge on any atom is 0.202 e. The van der Waals surface area contributed by atoms with Gasteiger partial charge < -0.3 is 15.6 Å². The van der Waals surface area contributed by atoms with Crippen molar-refractivity contribution in [3.8, 4) is 0 Å². The molecule has 1 atom stereocenters. The molecule has 2 aliphatic rings. The maximum absolute atomic E-state index is 6.87. The molecule has 29 heavy (non-hydrogen) atoms. The molecule has 6 N–H and O–H groups in total. The lowest BCUT2D eigenvalue weighted by molar-refractivity contribution is 0.547. The monoisotopic (exact) mass is 384 g/mol. The third kappa shape index (κ3) is 2.68. The van der Waals surface area contributed by atoms with Crippen LogP contribution in [0.5, 0.6) is 0 Å². The second kappa shape index (κ2) is 5.92. The molecule has 6 rings (SSSR count). The van der Waals surface area contributed by atoms with Crippen molar-refractivity contribution < 1.29 is 0 Å². The molecule has 1 fully saturated rings. The van der Waals surface area contributed by atoms with E-state index < -0.39 is 5.66 Å². The molecule has 0 bridgehead atoms. The van der Waals surface area contributed by atoms with E-state index in [1.165, 1.54) is 12.8 Å². The van der Waals surface area contributed by atoms with Gasteiger partial charge in [0.1, 0.15) is 11.3 Å². The van der Waals surface area contributed by atoms with E-state index in [4.69, 9.17) is 10.7 Å². The number of aromatic nitrogens is 4. The fourth-order valence-corrected chi connectivity index (χ4v) is 3.85. The van der Waals surface area contributed by atoms with Crippen molar-refractivity contribution in [3.05, 3.63) is 71.8 Å². The van der Waals surface area contributed by atoms with Gasteiger partial charge in [0.2, 0.25) is 5.96 Å². The van der Waals surface area contributed by atoms with Crippen LogP contribution in [-0.2, 0) is 5.66 Å². The highest BCUT2D eigenvalue weighted by molar-refractivity contribution is 6.06. The number of rotatable bonds is 3. The third-order valence-electron chi connectivity index (χ3n) is 5.55. The summed E-state index contributed by atoms with van der Waals surface area (Å²) in [7, 11) is 0. The maximum atomic E-state index is 6.87. The average Bonchev–Trinajstić information content (AvgIpc) is 3.25. The number of nitrogens with one attached hydrogen (secondary N) is 4. The number of aromatic amines is 2. The Bertz CT molecular complexity index is 1250. The first-order valence-corrected chi connectivity index (χ1v) is 9.70. The molecule has 4 heterocycles. The molecule has 0 saturated heterocycles. The predicted octanol–water partition coefficient (Wildman–Crippen LogP) is 3.22. The zero-order valence-corrected chi connectivity index (χ0v) is 15.6. The highest BCUT2D eigenvalue weighted by Crippen LogP contribution is 2.42. The summed E-state index contributed by atoms with van der Waals surface area (Å²) in [4.78, 5) is 12.4. The first-order valence-electron chi connectivity index (χ1n) is 9.70. The normalized spacial score (nSPS) is 20.8. The van der Waals surface area contributed by atoms with Gasteiger partial charge in [-0.05, 0) is 37.1 Å². The van der Waals surface area contributed by atoms with E-state index in [9.17, 15) is 0 Å².